The SMILES string of the molecule is CCOc1cc(/C=N/NC(=O)c2ccc(-c3csc(Nc4ccc(C)cc4)n3)cc2)cc(Cl)c1OCC(=O)Nc1ccc(Cl)c(Cl)c1. The molecule has 0 aliphatic carbocycles. The maximum absolute atomic E-state index is 12.7. The number of nitrogens with one attached hydrogen (secondary N) is 3. The molecule has 13 heteroatoms. The maximum Gasteiger partial charge on any atom is 0.271 e. The van der Waals surface area contributed by atoms with E-state index in [1.807, 2.05) is 48.7 Å². The van der Waals surface area contributed by atoms with Crippen molar-refractivity contribution in [2.75, 3.05) is 23.8 Å². The van der Waals surface area contributed by atoms with Gasteiger partial charge in [0.15, 0.2) is 23.2 Å². The van der Waals surface area contributed by atoms with Gasteiger partial charge in [-0.3, -0.25) is 9.59 Å². The lowest BCUT2D eigenvalue weighted by atomic mass is 10.1. The molecule has 0 radical (unpaired) electrons. The number of ether oxygens (including phenoxy) is 2. The summed E-state index contributed by atoms with van der Waals surface area (Å²) in [6.07, 6.45) is 1.43. The summed E-state index contributed by atoms with van der Waals surface area (Å²) in [4.78, 5) is 29.9. The predicted octanol–water partition coefficient (Wildman–Crippen LogP) is 9.00. The molecule has 0 saturated heterocycles. The molecule has 0 aliphatic heterocycles. The summed E-state index contributed by atoms with van der Waals surface area (Å²) < 4.78 is 11.4. The first-order valence-corrected chi connectivity index (χ1v) is 16.3. The van der Waals surface area contributed by atoms with Crippen LogP contribution in [0.3, 0.4) is 0 Å². The summed E-state index contributed by atoms with van der Waals surface area (Å²) in [5.74, 6) is -0.325. The second-order valence-electron chi connectivity index (χ2n) is 10.0. The van der Waals surface area contributed by atoms with Crippen molar-refractivity contribution in [2.24, 2.45) is 5.10 Å². The van der Waals surface area contributed by atoms with E-state index in [1.54, 1.807) is 43.3 Å². The Hall–Kier alpha value is -4.61. The van der Waals surface area contributed by atoms with Crippen LogP contribution in [0.25, 0.3) is 11.3 Å². The molecule has 0 saturated carbocycles. The monoisotopic (exact) mass is 707 g/mol. The zero-order valence-corrected chi connectivity index (χ0v) is 28.2. The third kappa shape index (κ3) is 9.24. The molecule has 2 amide bonds. The molecule has 0 unspecified atom stereocenters. The number of aryl methyl sites for hydroxylation is 1. The van der Waals surface area contributed by atoms with E-state index in [2.05, 4.69) is 26.1 Å². The number of carbonyl (C=O) groups excluding carboxylic acids is 2. The van der Waals surface area contributed by atoms with Gasteiger partial charge in [0.1, 0.15) is 0 Å². The Kier molecular flexibility index (Phi) is 11.3. The number of benzene rings is 4. The Balaban J connectivity index is 1.17. The molecular weight excluding hydrogens is 681 g/mol. The van der Waals surface area contributed by atoms with Crippen LogP contribution in [0.5, 0.6) is 11.5 Å². The minimum absolute atomic E-state index is 0.192. The maximum atomic E-state index is 12.7. The summed E-state index contributed by atoms with van der Waals surface area (Å²) in [7, 11) is 0. The van der Waals surface area contributed by atoms with Crippen molar-refractivity contribution < 1.29 is 19.1 Å². The van der Waals surface area contributed by atoms with Crippen LogP contribution in [-0.4, -0.2) is 36.2 Å². The van der Waals surface area contributed by atoms with E-state index in [9.17, 15) is 9.59 Å². The standard InChI is InChI=1S/C34H28Cl3N5O4S/c1-3-45-30-15-21(14-28(37)32(30)46-18-31(43)39-25-12-13-26(35)27(36)16-25)17-38-42-33(44)23-8-6-22(7-9-23)29-19-47-34(41-29)40-24-10-4-20(2)5-11-24/h4-17,19H,3,18H2,1-2H3,(H,39,43)(H,40,41)(H,42,44)/b38-17+. The molecule has 5 aromatic rings. The quantitative estimate of drug-likeness (QED) is 0.0881. The number of amides is 2. The van der Waals surface area contributed by atoms with Gasteiger partial charge in [-0.05, 0) is 74.0 Å². The first-order chi connectivity index (χ1) is 22.7. The lowest BCUT2D eigenvalue weighted by molar-refractivity contribution is -0.118. The summed E-state index contributed by atoms with van der Waals surface area (Å²) in [5, 5.41) is 13.7. The number of rotatable bonds is 12. The Morgan fingerprint density at radius 1 is 0.894 bits per heavy atom. The first-order valence-electron chi connectivity index (χ1n) is 14.3. The first kappa shape index (κ1) is 33.7. The van der Waals surface area contributed by atoms with E-state index in [0.29, 0.717) is 39.2 Å². The number of carbonyl (C=O) groups is 2. The van der Waals surface area contributed by atoms with Gasteiger partial charge >= 0.3 is 0 Å². The van der Waals surface area contributed by atoms with Gasteiger partial charge in [-0.1, -0.05) is 64.6 Å². The number of anilines is 3. The molecule has 1 heterocycles. The molecule has 5 rings (SSSR count). The van der Waals surface area contributed by atoms with E-state index >= 15 is 0 Å². The van der Waals surface area contributed by atoms with Crippen molar-refractivity contribution >= 4 is 80.7 Å². The number of hydrogen-bond acceptors (Lipinski definition) is 8. The average Bonchev–Trinajstić information content (AvgIpc) is 3.52. The van der Waals surface area contributed by atoms with Gasteiger partial charge in [0.05, 0.1) is 33.6 Å². The molecule has 0 aliphatic rings. The smallest absolute Gasteiger partial charge is 0.271 e. The summed E-state index contributed by atoms with van der Waals surface area (Å²) in [5.41, 5.74) is 7.79. The number of hydrogen-bond donors (Lipinski definition) is 3. The minimum atomic E-state index is -0.435. The summed E-state index contributed by atoms with van der Waals surface area (Å²) in [6.45, 7) is 3.83. The van der Waals surface area contributed by atoms with Gasteiger partial charge in [0, 0.05) is 27.9 Å². The lowest BCUT2D eigenvalue weighted by Gasteiger charge is -2.14. The average molecular weight is 709 g/mol. The van der Waals surface area contributed by atoms with Gasteiger partial charge in [-0.15, -0.1) is 11.3 Å². The normalized spacial score (nSPS) is 10.9. The van der Waals surface area contributed by atoms with Gasteiger partial charge < -0.3 is 20.1 Å². The second kappa shape index (κ2) is 15.8. The fraction of sp³-hybridized carbons (Fsp3) is 0.118. The van der Waals surface area contributed by atoms with Crippen molar-refractivity contribution in [1.29, 1.82) is 0 Å². The Morgan fingerprint density at radius 2 is 1.64 bits per heavy atom. The van der Waals surface area contributed by atoms with E-state index in [-0.39, 0.29) is 17.4 Å². The van der Waals surface area contributed by atoms with Gasteiger partial charge in [-0.25, -0.2) is 10.4 Å². The molecule has 4 aromatic carbocycles. The molecule has 1 aromatic heterocycles. The molecule has 9 nitrogen and oxygen atoms in total. The molecule has 0 bridgehead atoms. The van der Waals surface area contributed by atoms with Crippen molar-refractivity contribution in [3.8, 4) is 22.8 Å². The van der Waals surface area contributed by atoms with Crippen molar-refractivity contribution in [3.63, 3.8) is 0 Å². The van der Waals surface area contributed by atoms with Crippen LogP contribution in [0.4, 0.5) is 16.5 Å². The molecule has 0 atom stereocenters. The van der Waals surface area contributed by atoms with E-state index in [0.717, 1.165) is 22.1 Å². The molecular formula is C34H28Cl3N5O4S. The second-order valence-corrected chi connectivity index (χ2v) is 12.1. The van der Waals surface area contributed by atoms with Gasteiger partial charge in [0.25, 0.3) is 11.8 Å². The van der Waals surface area contributed by atoms with Crippen molar-refractivity contribution in [1.82, 2.24) is 10.4 Å². The lowest BCUT2D eigenvalue weighted by Crippen LogP contribution is -2.20. The van der Waals surface area contributed by atoms with Crippen LogP contribution in [0, 0.1) is 6.92 Å². The number of nitrogens with zero attached hydrogens (tertiary/aromatic N) is 2. The van der Waals surface area contributed by atoms with Crippen LogP contribution in [0.1, 0.15) is 28.4 Å². The molecule has 3 N–H and O–H groups in total. The third-order valence-electron chi connectivity index (χ3n) is 6.51. The topological polar surface area (TPSA) is 114 Å². The van der Waals surface area contributed by atoms with Crippen LogP contribution in [0.15, 0.2) is 89.3 Å². The highest BCUT2D eigenvalue weighted by molar-refractivity contribution is 7.14. The summed E-state index contributed by atoms with van der Waals surface area (Å²) in [6, 6.07) is 23.1. The van der Waals surface area contributed by atoms with Gasteiger partial charge in [0.2, 0.25) is 0 Å². The van der Waals surface area contributed by atoms with Gasteiger partial charge in [-0.2, -0.15) is 5.10 Å². The summed E-state index contributed by atoms with van der Waals surface area (Å²) >= 11 is 19.9. The van der Waals surface area contributed by atoms with E-state index < -0.39 is 11.8 Å². The number of thiazole rings is 1. The van der Waals surface area contributed by atoms with Crippen LogP contribution in [0.2, 0.25) is 15.1 Å². The Bertz CT molecular complexity index is 1910. The van der Waals surface area contributed by atoms with Crippen LogP contribution in [-0.2, 0) is 4.79 Å². The number of aromatic nitrogens is 1. The largest absolute Gasteiger partial charge is 0.490 e. The highest BCUT2D eigenvalue weighted by Gasteiger charge is 2.15. The number of halogens is 3. The van der Waals surface area contributed by atoms with Crippen molar-refractivity contribution in [3.05, 3.63) is 116 Å². The predicted molar refractivity (Wildman–Crippen MR) is 190 cm³/mol. The molecule has 0 fully saturated rings. The highest BCUT2D eigenvalue weighted by Crippen LogP contribution is 2.36. The van der Waals surface area contributed by atoms with Crippen molar-refractivity contribution in [2.45, 2.75) is 13.8 Å². The zero-order chi connectivity index (χ0) is 33.3. The zero-order valence-electron chi connectivity index (χ0n) is 25.1. The fourth-order valence-electron chi connectivity index (χ4n) is 4.22. The molecule has 240 valence electrons. The highest BCUT2D eigenvalue weighted by atomic mass is 35.5. The third-order valence-corrected chi connectivity index (χ3v) is 8.29. The minimum Gasteiger partial charge on any atom is -0.490 e. The van der Waals surface area contributed by atoms with Crippen LogP contribution < -0.4 is 25.5 Å². The molecule has 47 heavy (non-hydrogen) atoms. The Morgan fingerprint density at radius 3 is 2.36 bits per heavy atom. The van der Waals surface area contributed by atoms with Crippen LogP contribution >= 0.6 is 46.1 Å². The Labute approximate surface area is 290 Å². The molecule has 0 spiro atoms. The van der Waals surface area contributed by atoms with E-state index in [1.165, 1.54) is 29.2 Å². The number of hydrazone groups is 1. The fourth-order valence-corrected chi connectivity index (χ4v) is 5.53. The van der Waals surface area contributed by atoms with E-state index in [4.69, 9.17) is 44.3 Å².